The van der Waals surface area contributed by atoms with Crippen LogP contribution in [0, 0.1) is 0 Å². The van der Waals surface area contributed by atoms with Crippen molar-refractivity contribution in [3.63, 3.8) is 0 Å². The average Bonchev–Trinajstić information content (AvgIpc) is 2.27. The second-order valence-corrected chi connectivity index (χ2v) is 5.58. The molecular weight excluding hydrogens is 252 g/mol. The van der Waals surface area contributed by atoms with Crippen LogP contribution in [0.3, 0.4) is 0 Å². The maximum Gasteiger partial charge on any atom is 0.410 e. The SMILES string of the molecule is CC(C)(C)OC(=O)N1CCOCC1CC(N)C(=O)O. The Labute approximate surface area is 112 Å². The van der Waals surface area contributed by atoms with Gasteiger partial charge in [-0.25, -0.2) is 4.79 Å². The van der Waals surface area contributed by atoms with E-state index in [0.29, 0.717) is 13.2 Å². The number of morpholine rings is 1. The zero-order valence-corrected chi connectivity index (χ0v) is 11.6. The first-order valence-electron chi connectivity index (χ1n) is 6.26. The lowest BCUT2D eigenvalue weighted by Gasteiger charge is -2.37. The number of carboxylic acids is 1. The van der Waals surface area contributed by atoms with Crippen LogP contribution in [0.4, 0.5) is 4.79 Å². The number of carbonyl (C=O) groups excluding carboxylic acids is 1. The lowest BCUT2D eigenvalue weighted by Crippen LogP contribution is -2.53. The van der Waals surface area contributed by atoms with E-state index in [1.54, 1.807) is 20.8 Å². The van der Waals surface area contributed by atoms with Crippen LogP contribution in [-0.4, -0.2) is 59.5 Å². The Morgan fingerprint density at radius 3 is 2.68 bits per heavy atom. The Balaban J connectivity index is 2.67. The predicted molar refractivity (Wildman–Crippen MR) is 67.8 cm³/mol. The molecular formula is C12H22N2O5. The maximum atomic E-state index is 12.0. The minimum atomic E-state index is -1.09. The molecule has 1 rings (SSSR count). The number of hydrogen-bond acceptors (Lipinski definition) is 5. The van der Waals surface area contributed by atoms with Gasteiger partial charge in [0.25, 0.3) is 0 Å². The van der Waals surface area contributed by atoms with Crippen molar-refractivity contribution in [3.05, 3.63) is 0 Å². The van der Waals surface area contributed by atoms with Crippen LogP contribution < -0.4 is 5.73 Å². The molecule has 0 radical (unpaired) electrons. The lowest BCUT2D eigenvalue weighted by atomic mass is 10.1. The van der Waals surface area contributed by atoms with Gasteiger partial charge in [0.05, 0.1) is 19.3 Å². The van der Waals surface area contributed by atoms with E-state index in [4.69, 9.17) is 20.3 Å². The van der Waals surface area contributed by atoms with E-state index in [0.717, 1.165) is 0 Å². The Kier molecular flexibility index (Phi) is 5.13. The first-order chi connectivity index (χ1) is 8.70. The first kappa shape index (κ1) is 15.7. The molecule has 110 valence electrons. The van der Waals surface area contributed by atoms with Crippen molar-refractivity contribution in [2.45, 2.75) is 44.9 Å². The molecule has 2 unspecified atom stereocenters. The molecule has 1 saturated heterocycles. The molecule has 2 atom stereocenters. The third-order valence-electron chi connectivity index (χ3n) is 2.70. The van der Waals surface area contributed by atoms with E-state index in [2.05, 4.69) is 0 Å². The summed E-state index contributed by atoms with van der Waals surface area (Å²) in [7, 11) is 0. The van der Waals surface area contributed by atoms with Crippen LogP contribution >= 0.6 is 0 Å². The maximum absolute atomic E-state index is 12.0. The van der Waals surface area contributed by atoms with Crippen molar-refractivity contribution >= 4 is 12.1 Å². The van der Waals surface area contributed by atoms with E-state index < -0.39 is 23.7 Å². The molecule has 3 N–H and O–H groups in total. The van der Waals surface area contributed by atoms with Crippen LogP contribution in [0.15, 0.2) is 0 Å². The predicted octanol–water partition coefficient (Wildman–Crippen LogP) is 0.424. The van der Waals surface area contributed by atoms with Gasteiger partial charge in [0.1, 0.15) is 11.6 Å². The molecule has 1 fully saturated rings. The van der Waals surface area contributed by atoms with Gasteiger partial charge in [0.2, 0.25) is 0 Å². The number of ether oxygens (including phenoxy) is 2. The number of rotatable bonds is 3. The number of carboxylic acid groups (broad SMARTS) is 1. The van der Waals surface area contributed by atoms with E-state index in [-0.39, 0.29) is 19.1 Å². The molecule has 1 heterocycles. The van der Waals surface area contributed by atoms with Gasteiger partial charge in [-0.2, -0.15) is 0 Å². The number of amides is 1. The highest BCUT2D eigenvalue weighted by molar-refractivity contribution is 5.73. The minimum absolute atomic E-state index is 0.147. The summed E-state index contributed by atoms with van der Waals surface area (Å²) in [5.74, 6) is -1.09. The molecule has 1 aliphatic rings. The summed E-state index contributed by atoms with van der Waals surface area (Å²) in [6, 6.07) is -1.38. The highest BCUT2D eigenvalue weighted by Crippen LogP contribution is 2.17. The van der Waals surface area contributed by atoms with Gasteiger partial charge in [0.15, 0.2) is 0 Å². The van der Waals surface area contributed by atoms with Crippen molar-refractivity contribution in [2.75, 3.05) is 19.8 Å². The first-order valence-corrected chi connectivity index (χ1v) is 6.26. The normalized spacial score (nSPS) is 21.9. The monoisotopic (exact) mass is 274 g/mol. The summed E-state index contributed by atoms with van der Waals surface area (Å²) in [6.45, 7) is 6.42. The van der Waals surface area contributed by atoms with E-state index in [1.807, 2.05) is 0 Å². The molecule has 0 spiro atoms. The second-order valence-electron chi connectivity index (χ2n) is 5.58. The van der Waals surface area contributed by atoms with E-state index in [9.17, 15) is 9.59 Å². The zero-order valence-electron chi connectivity index (χ0n) is 11.6. The van der Waals surface area contributed by atoms with E-state index >= 15 is 0 Å². The summed E-state index contributed by atoms with van der Waals surface area (Å²) in [6.07, 6.45) is -0.312. The smallest absolute Gasteiger partial charge is 0.410 e. The van der Waals surface area contributed by atoms with Gasteiger partial charge >= 0.3 is 12.1 Å². The number of carbonyl (C=O) groups is 2. The summed E-state index contributed by atoms with van der Waals surface area (Å²) >= 11 is 0. The van der Waals surface area contributed by atoms with Crippen molar-refractivity contribution in [1.82, 2.24) is 4.90 Å². The Morgan fingerprint density at radius 2 is 2.16 bits per heavy atom. The van der Waals surface area contributed by atoms with Crippen molar-refractivity contribution in [3.8, 4) is 0 Å². The molecule has 7 nitrogen and oxygen atoms in total. The zero-order chi connectivity index (χ0) is 14.6. The summed E-state index contributed by atoms with van der Waals surface area (Å²) in [5, 5.41) is 8.82. The highest BCUT2D eigenvalue weighted by atomic mass is 16.6. The number of nitrogens with two attached hydrogens (primary N) is 1. The van der Waals surface area contributed by atoms with Crippen LogP contribution in [0.1, 0.15) is 27.2 Å². The fourth-order valence-corrected chi connectivity index (χ4v) is 1.80. The topological polar surface area (TPSA) is 102 Å². The summed E-state index contributed by atoms with van der Waals surface area (Å²) in [4.78, 5) is 24.3. The third kappa shape index (κ3) is 5.04. The lowest BCUT2D eigenvalue weighted by molar-refractivity contribution is -0.139. The Hall–Kier alpha value is -1.34. The van der Waals surface area contributed by atoms with Gasteiger partial charge < -0.3 is 25.2 Å². The van der Waals surface area contributed by atoms with Gasteiger partial charge in [0, 0.05) is 6.54 Å². The molecule has 0 aromatic carbocycles. The summed E-state index contributed by atoms with van der Waals surface area (Å²) < 4.78 is 10.6. The number of hydrogen-bond donors (Lipinski definition) is 2. The molecule has 0 aromatic heterocycles. The molecule has 0 aromatic rings. The second kappa shape index (κ2) is 6.21. The molecule has 0 aliphatic carbocycles. The largest absolute Gasteiger partial charge is 0.480 e. The quantitative estimate of drug-likeness (QED) is 0.773. The average molecular weight is 274 g/mol. The molecule has 7 heteroatoms. The van der Waals surface area contributed by atoms with Crippen molar-refractivity contribution < 1.29 is 24.2 Å². The van der Waals surface area contributed by atoms with Crippen molar-refractivity contribution in [1.29, 1.82) is 0 Å². The molecule has 0 bridgehead atoms. The molecule has 19 heavy (non-hydrogen) atoms. The van der Waals surface area contributed by atoms with Crippen LogP contribution in [0.2, 0.25) is 0 Å². The number of aliphatic carboxylic acids is 1. The van der Waals surface area contributed by atoms with Gasteiger partial charge in [-0.15, -0.1) is 0 Å². The molecule has 0 saturated carbocycles. The number of nitrogens with zero attached hydrogens (tertiary/aromatic N) is 1. The minimum Gasteiger partial charge on any atom is -0.480 e. The van der Waals surface area contributed by atoms with Crippen LogP contribution in [-0.2, 0) is 14.3 Å². The van der Waals surface area contributed by atoms with Crippen molar-refractivity contribution in [2.24, 2.45) is 5.73 Å². The van der Waals surface area contributed by atoms with E-state index in [1.165, 1.54) is 4.90 Å². The van der Waals surface area contributed by atoms with Crippen LogP contribution in [0.5, 0.6) is 0 Å². The van der Waals surface area contributed by atoms with Crippen LogP contribution in [0.25, 0.3) is 0 Å². The standard InChI is InChI=1S/C12H22N2O5/c1-12(2,3)19-11(17)14-4-5-18-7-8(14)6-9(13)10(15)16/h8-9H,4-7,13H2,1-3H3,(H,15,16). The molecule has 1 aliphatic heterocycles. The fourth-order valence-electron chi connectivity index (χ4n) is 1.80. The highest BCUT2D eigenvalue weighted by Gasteiger charge is 2.33. The van der Waals surface area contributed by atoms with Gasteiger partial charge in [-0.3, -0.25) is 4.79 Å². The third-order valence-corrected chi connectivity index (χ3v) is 2.70. The Bertz CT molecular complexity index is 340. The molecule has 1 amide bonds. The van der Waals surface area contributed by atoms with Gasteiger partial charge in [-0.1, -0.05) is 0 Å². The van der Waals surface area contributed by atoms with Gasteiger partial charge in [-0.05, 0) is 27.2 Å². The summed E-state index contributed by atoms with van der Waals surface area (Å²) in [5.41, 5.74) is 4.91. The Morgan fingerprint density at radius 1 is 1.53 bits per heavy atom. The fraction of sp³-hybridized carbons (Fsp3) is 0.833.